The number of hydrogen-bond donors (Lipinski definition) is 1. The SMILES string of the molecule is C#CC1(CCCO)CCCN1C(=O)OC(C)(C)C. The number of likely N-dealkylation sites (tertiary alicyclic amines) is 1. The third-order valence-corrected chi connectivity index (χ3v) is 3.12. The Morgan fingerprint density at radius 2 is 2.22 bits per heavy atom. The number of rotatable bonds is 3. The lowest BCUT2D eigenvalue weighted by Gasteiger charge is -2.35. The van der Waals surface area contributed by atoms with Crippen LogP contribution in [-0.4, -0.2) is 40.4 Å². The molecule has 0 aromatic heterocycles. The second-order valence-corrected chi connectivity index (χ2v) is 5.74. The first kappa shape index (κ1) is 14.8. The van der Waals surface area contributed by atoms with Gasteiger partial charge in [0.25, 0.3) is 0 Å². The van der Waals surface area contributed by atoms with Crippen LogP contribution in [0.15, 0.2) is 0 Å². The Hall–Kier alpha value is -1.21. The molecule has 0 aromatic carbocycles. The Kier molecular flexibility index (Phi) is 4.64. The van der Waals surface area contributed by atoms with Crippen molar-refractivity contribution in [2.45, 2.75) is 57.6 Å². The van der Waals surface area contributed by atoms with Gasteiger partial charge in [0.05, 0.1) is 0 Å². The number of hydrogen-bond acceptors (Lipinski definition) is 3. The number of amides is 1. The van der Waals surface area contributed by atoms with E-state index in [0.29, 0.717) is 19.4 Å². The molecule has 1 rings (SSSR count). The average molecular weight is 253 g/mol. The summed E-state index contributed by atoms with van der Waals surface area (Å²) >= 11 is 0. The van der Waals surface area contributed by atoms with E-state index in [9.17, 15) is 4.79 Å². The fourth-order valence-corrected chi connectivity index (χ4v) is 2.32. The number of terminal acetylenes is 1. The van der Waals surface area contributed by atoms with Crippen molar-refractivity contribution in [3.05, 3.63) is 0 Å². The molecule has 1 unspecified atom stereocenters. The van der Waals surface area contributed by atoms with Crippen LogP contribution < -0.4 is 0 Å². The van der Waals surface area contributed by atoms with Gasteiger partial charge in [0.1, 0.15) is 11.1 Å². The van der Waals surface area contributed by atoms with Gasteiger partial charge in [-0.15, -0.1) is 6.42 Å². The molecule has 1 aliphatic rings. The van der Waals surface area contributed by atoms with Gasteiger partial charge in [-0.2, -0.15) is 0 Å². The maximum atomic E-state index is 12.1. The Morgan fingerprint density at radius 1 is 1.56 bits per heavy atom. The third-order valence-electron chi connectivity index (χ3n) is 3.12. The van der Waals surface area contributed by atoms with Crippen LogP contribution in [0, 0.1) is 12.3 Å². The molecule has 1 aliphatic heterocycles. The molecule has 4 nitrogen and oxygen atoms in total. The highest BCUT2D eigenvalue weighted by Gasteiger charge is 2.43. The molecular formula is C14H23NO3. The van der Waals surface area contributed by atoms with Gasteiger partial charge >= 0.3 is 6.09 Å². The first-order valence-corrected chi connectivity index (χ1v) is 6.44. The molecule has 1 heterocycles. The van der Waals surface area contributed by atoms with E-state index in [-0.39, 0.29) is 12.7 Å². The Bertz CT molecular complexity index is 340. The van der Waals surface area contributed by atoms with Crippen molar-refractivity contribution in [1.82, 2.24) is 4.90 Å². The van der Waals surface area contributed by atoms with Crippen LogP contribution in [0.1, 0.15) is 46.5 Å². The zero-order valence-corrected chi connectivity index (χ0v) is 11.5. The minimum absolute atomic E-state index is 0.0889. The molecule has 0 aliphatic carbocycles. The second kappa shape index (κ2) is 5.62. The minimum atomic E-state index is -0.578. The highest BCUT2D eigenvalue weighted by molar-refractivity contribution is 5.70. The fourth-order valence-electron chi connectivity index (χ4n) is 2.32. The van der Waals surface area contributed by atoms with Crippen molar-refractivity contribution >= 4 is 6.09 Å². The summed E-state index contributed by atoms with van der Waals surface area (Å²) in [6.45, 7) is 6.24. The summed E-state index contributed by atoms with van der Waals surface area (Å²) in [6.07, 6.45) is 8.16. The lowest BCUT2D eigenvalue weighted by Crippen LogP contribution is -2.48. The molecule has 0 saturated carbocycles. The standard InChI is InChI=1S/C14H23NO3/c1-5-14(9-7-11-16)8-6-10-15(14)12(17)18-13(2,3)4/h1,16H,6-11H2,2-4H3. The van der Waals surface area contributed by atoms with Gasteiger partial charge in [0.15, 0.2) is 0 Å². The lowest BCUT2D eigenvalue weighted by molar-refractivity contribution is 0.0141. The van der Waals surface area contributed by atoms with Gasteiger partial charge in [0.2, 0.25) is 0 Å². The lowest BCUT2D eigenvalue weighted by atomic mass is 9.91. The molecule has 4 heteroatoms. The highest BCUT2D eigenvalue weighted by atomic mass is 16.6. The van der Waals surface area contributed by atoms with E-state index in [1.807, 2.05) is 20.8 Å². The maximum Gasteiger partial charge on any atom is 0.411 e. The van der Waals surface area contributed by atoms with Crippen molar-refractivity contribution in [3.63, 3.8) is 0 Å². The summed E-state index contributed by atoms with van der Waals surface area (Å²) < 4.78 is 5.39. The predicted molar refractivity (Wildman–Crippen MR) is 70.1 cm³/mol. The molecular weight excluding hydrogens is 230 g/mol. The smallest absolute Gasteiger partial charge is 0.411 e. The van der Waals surface area contributed by atoms with Gasteiger partial charge in [0, 0.05) is 13.2 Å². The van der Waals surface area contributed by atoms with Gasteiger partial charge < -0.3 is 9.84 Å². The van der Waals surface area contributed by atoms with E-state index < -0.39 is 11.1 Å². The molecule has 0 bridgehead atoms. The number of aliphatic hydroxyl groups excluding tert-OH is 1. The number of ether oxygens (including phenoxy) is 1. The molecule has 1 fully saturated rings. The number of carbonyl (C=O) groups is 1. The summed E-state index contributed by atoms with van der Waals surface area (Å²) in [5.41, 5.74) is -1.10. The number of carbonyl (C=O) groups excluding carboxylic acids is 1. The van der Waals surface area contributed by atoms with Crippen molar-refractivity contribution in [2.75, 3.05) is 13.2 Å². The van der Waals surface area contributed by atoms with E-state index in [1.54, 1.807) is 4.90 Å². The largest absolute Gasteiger partial charge is 0.444 e. The normalized spacial score (nSPS) is 23.8. The van der Waals surface area contributed by atoms with Crippen LogP contribution >= 0.6 is 0 Å². The molecule has 1 N–H and O–H groups in total. The topological polar surface area (TPSA) is 49.8 Å². The summed E-state index contributed by atoms with van der Waals surface area (Å²) in [5.74, 6) is 2.74. The van der Waals surface area contributed by atoms with Gasteiger partial charge in [-0.05, 0) is 46.5 Å². The third kappa shape index (κ3) is 3.39. The molecule has 18 heavy (non-hydrogen) atoms. The van der Waals surface area contributed by atoms with Crippen LogP contribution in [0.4, 0.5) is 4.79 Å². The molecule has 0 radical (unpaired) electrons. The summed E-state index contributed by atoms with van der Waals surface area (Å²) in [4.78, 5) is 13.8. The molecule has 1 saturated heterocycles. The summed E-state index contributed by atoms with van der Waals surface area (Å²) in [5, 5.41) is 8.94. The van der Waals surface area contributed by atoms with E-state index in [2.05, 4.69) is 5.92 Å². The molecule has 0 aromatic rings. The second-order valence-electron chi connectivity index (χ2n) is 5.74. The zero-order valence-electron chi connectivity index (χ0n) is 11.5. The summed E-state index contributed by atoms with van der Waals surface area (Å²) in [6, 6.07) is 0. The summed E-state index contributed by atoms with van der Waals surface area (Å²) in [7, 11) is 0. The van der Waals surface area contributed by atoms with Gasteiger partial charge in [-0.1, -0.05) is 5.92 Å². The average Bonchev–Trinajstić information content (AvgIpc) is 2.68. The molecule has 1 atom stereocenters. The first-order valence-electron chi connectivity index (χ1n) is 6.44. The first-order chi connectivity index (χ1) is 8.34. The van der Waals surface area contributed by atoms with Gasteiger partial charge in [-0.25, -0.2) is 4.79 Å². The van der Waals surface area contributed by atoms with Crippen molar-refractivity contribution < 1.29 is 14.6 Å². The van der Waals surface area contributed by atoms with E-state index in [0.717, 1.165) is 12.8 Å². The van der Waals surface area contributed by atoms with Crippen molar-refractivity contribution in [1.29, 1.82) is 0 Å². The molecule has 102 valence electrons. The van der Waals surface area contributed by atoms with Crippen molar-refractivity contribution in [2.24, 2.45) is 0 Å². The van der Waals surface area contributed by atoms with Gasteiger partial charge in [-0.3, -0.25) is 4.90 Å². The fraction of sp³-hybridized carbons (Fsp3) is 0.786. The van der Waals surface area contributed by atoms with Crippen LogP contribution in [0.3, 0.4) is 0 Å². The minimum Gasteiger partial charge on any atom is -0.444 e. The van der Waals surface area contributed by atoms with E-state index in [1.165, 1.54) is 0 Å². The Balaban J connectivity index is 2.79. The van der Waals surface area contributed by atoms with E-state index >= 15 is 0 Å². The highest BCUT2D eigenvalue weighted by Crippen LogP contribution is 2.34. The zero-order chi connectivity index (χ0) is 13.8. The quantitative estimate of drug-likeness (QED) is 0.784. The van der Waals surface area contributed by atoms with Crippen LogP contribution in [0.2, 0.25) is 0 Å². The van der Waals surface area contributed by atoms with Crippen LogP contribution in [0.25, 0.3) is 0 Å². The molecule has 0 spiro atoms. The monoisotopic (exact) mass is 253 g/mol. The maximum absolute atomic E-state index is 12.1. The van der Waals surface area contributed by atoms with E-state index in [4.69, 9.17) is 16.3 Å². The number of nitrogens with zero attached hydrogens (tertiary/aromatic N) is 1. The number of aliphatic hydroxyl groups is 1. The van der Waals surface area contributed by atoms with Crippen molar-refractivity contribution in [3.8, 4) is 12.3 Å². The molecule has 1 amide bonds. The van der Waals surface area contributed by atoms with Crippen LogP contribution in [-0.2, 0) is 4.74 Å². The Labute approximate surface area is 109 Å². The predicted octanol–water partition coefficient (Wildman–Crippen LogP) is 2.16. The van der Waals surface area contributed by atoms with Crippen LogP contribution in [0.5, 0.6) is 0 Å². The Morgan fingerprint density at radius 3 is 2.72 bits per heavy atom.